The molecule has 6 heteroatoms. The lowest BCUT2D eigenvalue weighted by atomic mass is 9.33. The van der Waals surface area contributed by atoms with Crippen LogP contribution in [0.3, 0.4) is 0 Å². The summed E-state index contributed by atoms with van der Waals surface area (Å²) in [6, 6.07) is 0. The Hall–Kier alpha value is -1.98. The number of rotatable bonds is 1. The van der Waals surface area contributed by atoms with Gasteiger partial charge in [-0.05, 0) is 57.8 Å². The van der Waals surface area contributed by atoms with Crippen molar-refractivity contribution in [3.63, 3.8) is 0 Å². The lowest BCUT2D eigenvalue weighted by Crippen LogP contribution is -2.74. The number of ether oxygens (including phenoxy) is 2. The molecule has 0 aromatic heterocycles. The highest BCUT2D eigenvalue weighted by molar-refractivity contribution is 6.25. The van der Waals surface area contributed by atoms with Crippen LogP contribution in [0.5, 0.6) is 0 Å². The van der Waals surface area contributed by atoms with Gasteiger partial charge in [0.15, 0.2) is 11.6 Å². The molecule has 6 nitrogen and oxygen atoms in total. The van der Waals surface area contributed by atoms with Crippen LogP contribution in [0.25, 0.3) is 0 Å². The van der Waals surface area contributed by atoms with Crippen molar-refractivity contribution in [1.29, 1.82) is 0 Å². The number of fused-ring (bicyclic) bond motifs is 5. The fourth-order valence-electron chi connectivity index (χ4n) is 9.31. The van der Waals surface area contributed by atoms with E-state index in [1.165, 1.54) is 7.11 Å². The first-order valence-corrected chi connectivity index (χ1v) is 11.9. The Kier molecular flexibility index (Phi) is 4.04. The Morgan fingerprint density at radius 1 is 1.06 bits per heavy atom. The van der Waals surface area contributed by atoms with E-state index in [9.17, 15) is 19.2 Å². The fraction of sp³-hybridized carbons (Fsp3) is 0.769. The number of ketones is 2. The van der Waals surface area contributed by atoms with Crippen molar-refractivity contribution in [3.05, 3.63) is 11.6 Å². The van der Waals surface area contributed by atoms with Crippen LogP contribution in [-0.2, 0) is 28.7 Å². The van der Waals surface area contributed by atoms with Crippen LogP contribution in [0.4, 0.5) is 0 Å². The SMILES string of the molecule is COC(=O)[C@]12C(=O)[C@@H](C)C(=O)[C@@]1(C)C(C)=C[C@H]1[C@]34CC[C@H](OC3=O)C(C)(C)[C@H]4CC[C@]12C. The average Bonchev–Trinajstić information content (AvgIpc) is 2.90. The zero-order valence-electron chi connectivity index (χ0n) is 20.2. The third-order valence-electron chi connectivity index (χ3n) is 10.9. The van der Waals surface area contributed by atoms with E-state index in [0.717, 1.165) is 6.42 Å². The molecule has 4 aliphatic carbocycles. The molecule has 5 fully saturated rings. The Labute approximate surface area is 189 Å². The number of allylic oxidation sites excluding steroid dienone is 2. The Morgan fingerprint density at radius 2 is 1.72 bits per heavy atom. The lowest BCUT2D eigenvalue weighted by molar-refractivity contribution is -0.261. The van der Waals surface area contributed by atoms with E-state index in [2.05, 4.69) is 19.9 Å². The van der Waals surface area contributed by atoms with Crippen LogP contribution >= 0.6 is 0 Å². The zero-order valence-corrected chi connectivity index (χ0v) is 20.2. The molecule has 2 bridgehead atoms. The first-order valence-electron chi connectivity index (χ1n) is 11.9. The van der Waals surface area contributed by atoms with Gasteiger partial charge in [0.05, 0.1) is 23.9 Å². The monoisotopic (exact) mass is 442 g/mol. The van der Waals surface area contributed by atoms with Gasteiger partial charge >= 0.3 is 11.9 Å². The largest absolute Gasteiger partial charge is 0.468 e. The number of Topliss-reactive ketones (excluding diaryl/α,β-unsaturated/α-hetero) is 2. The Bertz CT molecular complexity index is 1010. The second kappa shape index (κ2) is 5.92. The highest BCUT2D eigenvalue weighted by atomic mass is 16.6. The van der Waals surface area contributed by atoms with Crippen LogP contribution in [0, 0.1) is 44.8 Å². The van der Waals surface area contributed by atoms with Crippen LogP contribution in [0.15, 0.2) is 11.6 Å². The van der Waals surface area contributed by atoms with Gasteiger partial charge in [0.25, 0.3) is 0 Å². The highest BCUT2D eigenvalue weighted by Gasteiger charge is 2.84. The van der Waals surface area contributed by atoms with Gasteiger partial charge in [-0.15, -0.1) is 0 Å². The third-order valence-corrected chi connectivity index (χ3v) is 10.9. The molecule has 0 aromatic carbocycles. The first kappa shape index (κ1) is 21.8. The summed E-state index contributed by atoms with van der Waals surface area (Å²) < 4.78 is 11.3. The molecular weight excluding hydrogens is 408 g/mol. The van der Waals surface area contributed by atoms with Gasteiger partial charge in [0, 0.05) is 11.3 Å². The third kappa shape index (κ3) is 1.82. The van der Waals surface area contributed by atoms with Gasteiger partial charge in [0.2, 0.25) is 0 Å². The Balaban J connectivity index is 1.85. The number of methoxy groups -OCH3 is 1. The topological polar surface area (TPSA) is 86.7 Å². The van der Waals surface area contributed by atoms with Crippen molar-refractivity contribution in [2.24, 2.45) is 44.8 Å². The van der Waals surface area contributed by atoms with Gasteiger partial charge in [-0.1, -0.05) is 32.4 Å². The summed E-state index contributed by atoms with van der Waals surface area (Å²) in [5.41, 5.74) is -4.14. The summed E-state index contributed by atoms with van der Waals surface area (Å²) in [4.78, 5) is 54.9. The van der Waals surface area contributed by atoms with E-state index in [4.69, 9.17) is 9.47 Å². The second-order valence-electron chi connectivity index (χ2n) is 11.9. The van der Waals surface area contributed by atoms with Crippen molar-refractivity contribution in [2.45, 2.75) is 73.3 Å². The molecule has 6 aliphatic rings. The molecule has 6 rings (SSSR count). The van der Waals surface area contributed by atoms with E-state index in [0.29, 0.717) is 24.8 Å². The summed E-state index contributed by atoms with van der Waals surface area (Å²) in [6.45, 7) is 11.5. The maximum Gasteiger partial charge on any atom is 0.321 e. The van der Waals surface area contributed by atoms with Gasteiger partial charge in [-0.2, -0.15) is 0 Å². The predicted octanol–water partition coefficient (Wildman–Crippen LogP) is 3.66. The number of carbonyl (C=O) groups excluding carboxylic acids is 4. The summed E-state index contributed by atoms with van der Waals surface area (Å²) in [7, 11) is 1.29. The van der Waals surface area contributed by atoms with Crippen LogP contribution in [0.1, 0.15) is 67.2 Å². The van der Waals surface area contributed by atoms with Crippen molar-refractivity contribution >= 4 is 23.5 Å². The van der Waals surface area contributed by atoms with Crippen LogP contribution < -0.4 is 0 Å². The molecule has 174 valence electrons. The molecule has 2 saturated heterocycles. The van der Waals surface area contributed by atoms with E-state index in [-0.39, 0.29) is 40.9 Å². The Morgan fingerprint density at radius 3 is 2.31 bits per heavy atom. The summed E-state index contributed by atoms with van der Waals surface area (Å²) in [5.74, 6) is -2.60. The predicted molar refractivity (Wildman–Crippen MR) is 115 cm³/mol. The van der Waals surface area contributed by atoms with Gasteiger partial charge in [-0.3, -0.25) is 19.2 Å². The van der Waals surface area contributed by atoms with Crippen molar-refractivity contribution in [1.82, 2.24) is 0 Å². The minimum atomic E-state index is -1.65. The minimum Gasteiger partial charge on any atom is -0.468 e. The normalized spacial score (nSPS) is 50.7. The molecule has 8 atom stereocenters. The van der Waals surface area contributed by atoms with Crippen molar-refractivity contribution in [2.75, 3.05) is 7.11 Å². The molecule has 3 saturated carbocycles. The maximum atomic E-state index is 14.0. The molecule has 0 aromatic rings. The number of esters is 2. The molecule has 0 N–H and O–H groups in total. The van der Waals surface area contributed by atoms with E-state index in [1.54, 1.807) is 13.8 Å². The smallest absolute Gasteiger partial charge is 0.321 e. The van der Waals surface area contributed by atoms with E-state index < -0.39 is 33.5 Å². The molecule has 1 spiro atoms. The van der Waals surface area contributed by atoms with Crippen molar-refractivity contribution in [3.8, 4) is 0 Å². The minimum absolute atomic E-state index is 0.0980. The number of hydrogen-bond acceptors (Lipinski definition) is 6. The molecular formula is C26H34O6. The van der Waals surface area contributed by atoms with E-state index >= 15 is 0 Å². The highest BCUT2D eigenvalue weighted by Crippen LogP contribution is 2.77. The van der Waals surface area contributed by atoms with Gasteiger partial charge < -0.3 is 9.47 Å². The van der Waals surface area contributed by atoms with Crippen LogP contribution in [-0.4, -0.2) is 36.7 Å². The second-order valence-corrected chi connectivity index (χ2v) is 11.9. The van der Waals surface area contributed by atoms with Gasteiger partial charge in [0.1, 0.15) is 11.5 Å². The number of carbonyl (C=O) groups is 4. The summed E-state index contributed by atoms with van der Waals surface area (Å²) in [6.07, 6.45) is 4.70. The number of hydrogen-bond donors (Lipinski definition) is 0. The molecule has 0 unspecified atom stereocenters. The molecule has 0 radical (unpaired) electrons. The summed E-state index contributed by atoms with van der Waals surface area (Å²) in [5, 5.41) is 0. The van der Waals surface area contributed by atoms with Crippen LogP contribution in [0.2, 0.25) is 0 Å². The fourth-order valence-corrected chi connectivity index (χ4v) is 9.31. The average molecular weight is 443 g/mol. The quantitative estimate of drug-likeness (QED) is 0.350. The molecule has 2 aliphatic heterocycles. The van der Waals surface area contributed by atoms with Gasteiger partial charge in [-0.25, -0.2) is 0 Å². The standard InChI is InChI=1S/C26H34O6/c1-13-12-16-23(5,26(21(30)31-7)19(28)14(2)18(27)24(13,26)6)10-8-15-22(3,4)17-9-11-25(15,16)20(29)32-17/h12,14-17H,8-11H2,1-7H3/t14-,15+,16+,17-,23+,24+,25+,26-/m0/s1. The van der Waals surface area contributed by atoms with Crippen molar-refractivity contribution < 1.29 is 28.7 Å². The molecule has 2 heterocycles. The molecule has 32 heavy (non-hydrogen) atoms. The lowest BCUT2D eigenvalue weighted by Gasteiger charge is -2.70. The summed E-state index contributed by atoms with van der Waals surface area (Å²) >= 11 is 0. The van der Waals surface area contributed by atoms with E-state index in [1.807, 2.05) is 13.8 Å². The maximum absolute atomic E-state index is 14.0. The zero-order chi connectivity index (χ0) is 23.6. The molecule has 0 amide bonds. The first-order chi connectivity index (χ1) is 14.8.